The summed E-state index contributed by atoms with van der Waals surface area (Å²) in [6, 6.07) is 6.15. The third-order valence-electron chi connectivity index (χ3n) is 2.28. The molecule has 1 atom stereocenters. The van der Waals surface area contributed by atoms with Crippen LogP contribution in [-0.2, 0) is 6.42 Å². The van der Waals surface area contributed by atoms with E-state index >= 15 is 0 Å². The summed E-state index contributed by atoms with van der Waals surface area (Å²) in [5.41, 5.74) is 6.94. The molecule has 1 heterocycles. The van der Waals surface area contributed by atoms with Gasteiger partial charge in [0.1, 0.15) is 0 Å². The summed E-state index contributed by atoms with van der Waals surface area (Å²) in [7, 11) is 0. The van der Waals surface area contributed by atoms with Gasteiger partial charge in [-0.15, -0.1) is 0 Å². The fourth-order valence-corrected chi connectivity index (χ4v) is 1.77. The average molecular weight is 207 g/mol. The molecule has 3 nitrogen and oxygen atoms in total. The van der Waals surface area contributed by atoms with Crippen LogP contribution in [0.4, 0.5) is 0 Å². The van der Waals surface area contributed by atoms with Gasteiger partial charge >= 0.3 is 0 Å². The van der Waals surface area contributed by atoms with Crippen LogP contribution >= 0.6 is 0 Å². The standard InChI is InChI=1S/C12H17NO2/c1-8(13)6-9-4-5-10-11(7-9)15-12(2,3)14-10/h4-5,7-8H,6,13H2,1-3H3/t8-/m0/s1. The highest BCUT2D eigenvalue weighted by Gasteiger charge is 2.31. The largest absolute Gasteiger partial charge is 0.449 e. The summed E-state index contributed by atoms with van der Waals surface area (Å²) in [6.45, 7) is 5.80. The van der Waals surface area contributed by atoms with Crippen LogP contribution in [0.25, 0.3) is 0 Å². The maximum Gasteiger partial charge on any atom is 0.246 e. The molecule has 1 aromatic carbocycles. The van der Waals surface area contributed by atoms with Crippen molar-refractivity contribution in [2.24, 2.45) is 5.73 Å². The van der Waals surface area contributed by atoms with Gasteiger partial charge in [-0.25, -0.2) is 0 Å². The van der Waals surface area contributed by atoms with E-state index < -0.39 is 5.79 Å². The second kappa shape index (κ2) is 3.42. The predicted molar refractivity (Wildman–Crippen MR) is 59.1 cm³/mol. The molecule has 0 spiro atoms. The third-order valence-corrected chi connectivity index (χ3v) is 2.28. The minimum Gasteiger partial charge on any atom is -0.449 e. The third kappa shape index (κ3) is 2.23. The molecular formula is C12H17NO2. The van der Waals surface area contributed by atoms with Crippen molar-refractivity contribution < 1.29 is 9.47 Å². The summed E-state index contributed by atoms with van der Waals surface area (Å²) in [5.74, 6) is 1.08. The van der Waals surface area contributed by atoms with E-state index in [9.17, 15) is 0 Å². The molecule has 0 saturated heterocycles. The fraction of sp³-hybridized carbons (Fsp3) is 0.500. The van der Waals surface area contributed by atoms with Gasteiger partial charge in [-0.1, -0.05) is 6.07 Å². The van der Waals surface area contributed by atoms with E-state index in [0.717, 1.165) is 17.9 Å². The van der Waals surface area contributed by atoms with Crippen molar-refractivity contribution in [3.05, 3.63) is 23.8 Å². The Kier molecular flexibility index (Phi) is 2.35. The van der Waals surface area contributed by atoms with Gasteiger partial charge in [-0.3, -0.25) is 0 Å². The van der Waals surface area contributed by atoms with Gasteiger partial charge in [0.15, 0.2) is 11.5 Å². The second-order valence-corrected chi connectivity index (χ2v) is 4.57. The Balaban J connectivity index is 2.23. The van der Waals surface area contributed by atoms with Crippen LogP contribution in [0.15, 0.2) is 18.2 Å². The maximum absolute atomic E-state index is 5.75. The number of ether oxygens (including phenoxy) is 2. The van der Waals surface area contributed by atoms with E-state index in [0.29, 0.717) is 0 Å². The minimum absolute atomic E-state index is 0.165. The first-order valence-corrected chi connectivity index (χ1v) is 5.23. The molecule has 1 aliphatic rings. The molecule has 0 fully saturated rings. The summed E-state index contributed by atoms with van der Waals surface area (Å²) in [5, 5.41) is 0. The SMILES string of the molecule is C[C@H](N)Cc1ccc2c(c1)OC(C)(C)O2. The Hall–Kier alpha value is -1.22. The number of rotatable bonds is 2. The van der Waals surface area contributed by atoms with E-state index in [1.165, 1.54) is 5.56 Å². The minimum atomic E-state index is -0.546. The Morgan fingerprint density at radius 1 is 1.27 bits per heavy atom. The van der Waals surface area contributed by atoms with Crippen molar-refractivity contribution >= 4 is 0 Å². The van der Waals surface area contributed by atoms with E-state index in [4.69, 9.17) is 15.2 Å². The number of benzene rings is 1. The molecule has 2 rings (SSSR count). The smallest absolute Gasteiger partial charge is 0.246 e. The van der Waals surface area contributed by atoms with Gasteiger partial charge in [0.05, 0.1) is 0 Å². The Morgan fingerprint density at radius 2 is 1.93 bits per heavy atom. The number of nitrogens with two attached hydrogens (primary N) is 1. The highest BCUT2D eigenvalue weighted by atomic mass is 16.7. The molecule has 3 heteroatoms. The number of hydrogen-bond donors (Lipinski definition) is 1. The van der Waals surface area contributed by atoms with Crippen molar-refractivity contribution in [2.75, 3.05) is 0 Å². The molecule has 15 heavy (non-hydrogen) atoms. The van der Waals surface area contributed by atoms with Gasteiger partial charge in [0, 0.05) is 19.9 Å². The van der Waals surface area contributed by atoms with Crippen LogP contribution in [0, 0.1) is 0 Å². The monoisotopic (exact) mass is 207 g/mol. The molecule has 0 unspecified atom stereocenters. The molecule has 0 radical (unpaired) electrons. The molecule has 82 valence electrons. The quantitative estimate of drug-likeness (QED) is 0.807. The lowest BCUT2D eigenvalue weighted by atomic mass is 10.1. The normalized spacial score (nSPS) is 18.9. The molecule has 1 aromatic rings. The summed E-state index contributed by atoms with van der Waals surface area (Å²) >= 11 is 0. The van der Waals surface area contributed by atoms with Crippen LogP contribution in [-0.4, -0.2) is 11.8 Å². The molecule has 0 aromatic heterocycles. The highest BCUT2D eigenvalue weighted by Crippen LogP contribution is 2.39. The van der Waals surface area contributed by atoms with Gasteiger partial charge in [0.25, 0.3) is 0 Å². The lowest BCUT2D eigenvalue weighted by molar-refractivity contribution is -0.0431. The molecule has 0 aliphatic carbocycles. The lowest BCUT2D eigenvalue weighted by Crippen LogP contribution is -2.29. The van der Waals surface area contributed by atoms with Crippen LogP contribution in [0.3, 0.4) is 0 Å². The van der Waals surface area contributed by atoms with Crippen LogP contribution in [0.5, 0.6) is 11.5 Å². The maximum atomic E-state index is 5.75. The topological polar surface area (TPSA) is 44.5 Å². The zero-order chi connectivity index (χ0) is 11.1. The molecule has 2 N–H and O–H groups in total. The number of fused-ring (bicyclic) bond motifs is 1. The average Bonchev–Trinajstić information content (AvgIpc) is 2.36. The first-order valence-electron chi connectivity index (χ1n) is 5.23. The van der Waals surface area contributed by atoms with Crippen LogP contribution in [0.2, 0.25) is 0 Å². The second-order valence-electron chi connectivity index (χ2n) is 4.57. The fourth-order valence-electron chi connectivity index (χ4n) is 1.77. The predicted octanol–water partition coefficient (Wildman–Crippen LogP) is 2.08. The summed E-state index contributed by atoms with van der Waals surface area (Å²) in [4.78, 5) is 0. The zero-order valence-electron chi connectivity index (χ0n) is 9.41. The van der Waals surface area contributed by atoms with Crippen molar-refractivity contribution in [1.82, 2.24) is 0 Å². The summed E-state index contributed by atoms with van der Waals surface area (Å²) < 4.78 is 11.3. The van der Waals surface area contributed by atoms with Gasteiger partial charge in [0.2, 0.25) is 5.79 Å². The van der Waals surface area contributed by atoms with E-state index in [2.05, 4.69) is 0 Å². The van der Waals surface area contributed by atoms with Gasteiger partial charge < -0.3 is 15.2 Å². The van der Waals surface area contributed by atoms with Crippen LogP contribution < -0.4 is 15.2 Å². The van der Waals surface area contributed by atoms with Crippen molar-refractivity contribution in [2.45, 2.75) is 39.0 Å². The first kappa shape index (κ1) is 10.3. The van der Waals surface area contributed by atoms with Gasteiger partial charge in [-0.2, -0.15) is 0 Å². The first-order chi connectivity index (χ1) is 6.96. The Bertz CT molecular complexity index is 372. The molecule has 0 amide bonds. The zero-order valence-corrected chi connectivity index (χ0v) is 9.41. The lowest BCUT2D eigenvalue weighted by Gasteiger charge is -2.16. The molecular weight excluding hydrogens is 190 g/mol. The van der Waals surface area contributed by atoms with E-state index in [-0.39, 0.29) is 6.04 Å². The molecule has 1 aliphatic heterocycles. The van der Waals surface area contributed by atoms with Crippen LogP contribution in [0.1, 0.15) is 26.3 Å². The van der Waals surface area contributed by atoms with Crippen molar-refractivity contribution in [1.29, 1.82) is 0 Å². The Morgan fingerprint density at radius 3 is 2.60 bits per heavy atom. The van der Waals surface area contributed by atoms with E-state index in [1.54, 1.807) is 0 Å². The highest BCUT2D eigenvalue weighted by molar-refractivity contribution is 5.45. The van der Waals surface area contributed by atoms with Gasteiger partial charge in [-0.05, 0) is 31.0 Å². The van der Waals surface area contributed by atoms with Crippen molar-refractivity contribution in [3.63, 3.8) is 0 Å². The van der Waals surface area contributed by atoms with E-state index in [1.807, 2.05) is 39.0 Å². The number of hydrogen-bond acceptors (Lipinski definition) is 3. The van der Waals surface area contributed by atoms with Crippen molar-refractivity contribution in [3.8, 4) is 11.5 Å². The molecule has 0 bridgehead atoms. The Labute approximate surface area is 90.2 Å². The molecule has 0 saturated carbocycles. The summed E-state index contributed by atoms with van der Waals surface area (Å²) in [6.07, 6.45) is 0.858.